The van der Waals surface area contributed by atoms with E-state index in [4.69, 9.17) is 21.1 Å². The molecule has 0 spiro atoms. The molecular formula is C10H12ClFO2S. The monoisotopic (exact) mass is 250 g/mol. The zero-order valence-electron chi connectivity index (χ0n) is 8.55. The first kappa shape index (κ1) is 12.5. The quantitative estimate of drug-likeness (QED) is 0.591. The number of methoxy groups -OCH3 is 1. The fourth-order valence-corrected chi connectivity index (χ4v) is 1.65. The van der Waals surface area contributed by atoms with Crippen molar-refractivity contribution in [1.82, 2.24) is 0 Å². The molecule has 0 bridgehead atoms. The molecule has 15 heavy (non-hydrogen) atoms. The normalized spacial score (nSPS) is 10.1. The van der Waals surface area contributed by atoms with Gasteiger partial charge < -0.3 is 9.47 Å². The van der Waals surface area contributed by atoms with Crippen LogP contribution < -0.4 is 9.47 Å². The lowest BCUT2D eigenvalue weighted by Crippen LogP contribution is -2.01. The van der Waals surface area contributed by atoms with Crippen LogP contribution in [0.25, 0.3) is 0 Å². The minimum atomic E-state index is -0.308. The van der Waals surface area contributed by atoms with Gasteiger partial charge >= 0.3 is 0 Å². The van der Waals surface area contributed by atoms with Gasteiger partial charge in [0.2, 0.25) is 0 Å². The van der Waals surface area contributed by atoms with Gasteiger partial charge in [0.05, 0.1) is 13.0 Å². The molecule has 84 valence electrons. The summed E-state index contributed by atoms with van der Waals surface area (Å²) in [6.07, 6.45) is 1.80. The van der Waals surface area contributed by atoms with E-state index in [1.807, 2.05) is 0 Å². The Morgan fingerprint density at radius 3 is 2.67 bits per heavy atom. The summed E-state index contributed by atoms with van der Waals surface area (Å²) in [5.74, 6) is 0.978. The summed E-state index contributed by atoms with van der Waals surface area (Å²) in [7, 11) is 1.47. The van der Waals surface area contributed by atoms with Gasteiger partial charge in [0.15, 0.2) is 11.5 Å². The van der Waals surface area contributed by atoms with Crippen LogP contribution >= 0.6 is 23.4 Å². The lowest BCUT2D eigenvalue weighted by Gasteiger charge is -2.11. The summed E-state index contributed by atoms with van der Waals surface area (Å²) in [4.78, 5) is 0.528. The van der Waals surface area contributed by atoms with E-state index in [0.717, 1.165) is 0 Å². The summed E-state index contributed by atoms with van der Waals surface area (Å²) in [5, 5.41) is 0. The number of hydrogen-bond acceptors (Lipinski definition) is 3. The maximum atomic E-state index is 13.4. The molecule has 2 nitrogen and oxygen atoms in total. The highest BCUT2D eigenvalue weighted by Crippen LogP contribution is 2.33. The molecule has 0 radical (unpaired) electrons. The topological polar surface area (TPSA) is 18.5 Å². The maximum absolute atomic E-state index is 13.4. The van der Waals surface area contributed by atoms with Crippen molar-refractivity contribution in [3.63, 3.8) is 0 Å². The Hall–Kier alpha value is -0.610. The zero-order chi connectivity index (χ0) is 11.3. The molecule has 0 N–H and O–H groups in total. The molecule has 0 aliphatic heterocycles. The van der Waals surface area contributed by atoms with E-state index in [1.165, 1.54) is 24.9 Å². The van der Waals surface area contributed by atoms with E-state index in [-0.39, 0.29) is 5.82 Å². The Bertz CT molecular complexity index is 333. The van der Waals surface area contributed by atoms with Gasteiger partial charge in [0, 0.05) is 17.0 Å². The van der Waals surface area contributed by atoms with Crippen molar-refractivity contribution in [2.24, 2.45) is 0 Å². The Kier molecular flexibility index (Phi) is 5.05. The molecule has 0 aliphatic carbocycles. The van der Waals surface area contributed by atoms with Gasteiger partial charge in [-0.25, -0.2) is 4.39 Å². The number of ether oxygens (including phenoxy) is 2. The van der Waals surface area contributed by atoms with Crippen molar-refractivity contribution < 1.29 is 13.9 Å². The smallest absolute Gasteiger partial charge is 0.163 e. The first-order valence-corrected chi connectivity index (χ1v) is 6.09. The molecule has 5 heteroatoms. The molecule has 0 saturated heterocycles. The Morgan fingerprint density at radius 2 is 2.13 bits per heavy atom. The third-order valence-corrected chi connectivity index (χ3v) is 2.68. The molecule has 0 amide bonds. The highest BCUT2D eigenvalue weighted by atomic mass is 35.5. The minimum Gasteiger partial charge on any atom is -0.493 e. The summed E-state index contributed by atoms with van der Waals surface area (Å²) in [5.41, 5.74) is 0. The third kappa shape index (κ3) is 3.18. The van der Waals surface area contributed by atoms with Gasteiger partial charge in [-0.3, -0.25) is 0 Å². The highest BCUT2D eigenvalue weighted by Gasteiger charge is 2.10. The molecular weight excluding hydrogens is 239 g/mol. The zero-order valence-corrected chi connectivity index (χ0v) is 10.1. The number of benzene rings is 1. The maximum Gasteiger partial charge on any atom is 0.163 e. The van der Waals surface area contributed by atoms with Crippen LogP contribution in [0.3, 0.4) is 0 Å². The van der Waals surface area contributed by atoms with E-state index in [2.05, 4.69) is 0 Å². The lowest BCUT2D eigenvalue weighted by atomic mass is 10.3. The summed E-state index contributed by atoms with van der Waals surface area (Å²) in [6, 6.07) is 2.93. The van der Waals surface area contributed by atoms with Crippen molar-refractivity contribution in [3.8, 4) is 11.5 Å². The summed E-state index contributed by atoms with van der Waals surface area (Å²) >= 11 is 6.83. The van der Waals surface area contributed by atoms with E-state index in [1.54, 1.807) is 12.3 Å². The summed E-state index contributed by atoms with van der Waals surface area (Å²) in [6.45, 7) is 0.372. The standard InChI is InChI=1S/C10H12ClFO2S/c1-13-8-5-7(12)10(15-2)6-9(8)14-4-3-11/h5-6H,3-4H2,1-2H3. The van der Waals surface area contributed by atoms with E-state index >= 15 is 0 Å². The average molecular weight is 251 g/mol. The van der Waals surface area contributed by atoms with Crippen molar-refractivity contribution in [2.75, 3.05) is 25.9 Å². The molecule has 0 atom stereocenters. The van der Waals surface area contributed by atoms with E-state index < -0.39 is 0 Å². The fraction of sp³-hybridized carbons (Fsp3) is 0.400. The Labute approximate surface area is 97.7 Å². The molecule has 0 saturated carbocycles. The van der Waals surface area contributed by atoms with Crippen molar-refractivity contribution in [2.45, 2.75) is 4.90 Å². The second kappa shape index (κ2) is 6.08. The van der Waals surface area contributed by atoms with Gasteiger partial charge in [-0.2, -0.15) is 0 Å². The van der Waals surface area contributed by atoms with Crippen LogP contribution in [0.1, 0.15) is 0 Å². The number of halogens is 2. The molecule has 0 unspecified atom stereocenters. The lowest BCUT2D eigenvalue weighted by molar-refractivity contribution is 0.310. The van der Waals surface area contributed by atoms with Crippen LogP contribution in [0.4, 0.5) is 4.39 Å². The molecule has 0 heterocycles. The van der Waals surface area contributed by atoms with Crippen molar-refractivity contribution in [1.29, 1.82) is 0 Å². The van der Waals surface area contributed by atoms with Gasteiger partial charge in [-0.15, -0.1) is 23.4 Å². The van der Waals surface area contributed by atoms with E-state index in [0.29, 0.717) is 28.9 Å². The number of rotatable bonds is 5. The van der Waals surface area contributed by atoms with Gasteiger partial charge in [-0.05, 0) is 6.26 Å². The van der Waals surface area contributed by atoms with Gasteiger partial charge in [0.25, 0.3) is 0 Å². The van der Waals surface area contributed by atoms with Crippen LogP contribution in [-0.2, 0) is 0 Å². The molecule has 0 aromatic heterocycles. The third-order valence-electron chi connectivity index (χ3n) is 1.77. The van der Waals surface area contributed by atoms with Crippen LogP contribution in [0.15, 0.2) is 17.0 Å². The molecule has 0 fully saturated rings. The SMILES string of the molecule is COc1cc(F)c(SC)cc1OCCCl. The van der Waals surface area contributed by atoms with Gasteiger partial charge in [-0.1, -0.05) is 0 Å². The summed E-state index contributed by atoms with van der Waals surface area (Å²) < 4.78 is 23.7. The highest BCUT2D eigenvalue weighted by molar-refractivity contribution is 7.98. The fourth-order valence-electron chi connectivity index (χ4n) is 1.09. The number of hydrogen-bond donors (Lipinski definition) is 0. The molecule has 1 aromatic carbocycles. The second-order valence-electron chi connectivity index (χ2n) is 2.68. The molecule has 1 aromatic rings. The first-order chi connectivity index (χ1) is 7.22. The molecule has 1 rings (SSSR count). The predicted molar refractivity (Wildman–Crippen MR) is 60.9 cm³/mol. The van der Waals surface area contributed by atoms with Gasteiger partial charge in [0.1, 0.15) is 12.4 Å². The van der Waals surface area contributed by atoms with Crippen LogP contribution in [-0.4, -0.2) is 25.9 Å². The largest absolute Gasteiger partial charge is 0.493 e. The predicted octanol–water partition coefficient (Wildman–Crippen LogP) is 3.17. The second-order valence-corrected chi connectivity index (χ2v) is 3.90. The van der Waals surface area contributed by atoms with E-state index in [9.17, 15) is 4.39 Å². The number of thioether (sulfide) groups is 1. The van der Waals surface area contributed by atoms with Crippen molar-refractivity contribution in [3.05, 3.63) is 17.9 Å². The van der Waals surface area contributed by atoms with Crippen molar-refractivity contribution >= 4 is 23.4 Å². The minimum absolute atomic E-state index is 0.308. The Morgan fingerprint density at radius 1 is 1.40 bits per heavy atom. The molecule has 0 aliphatic rings. The Balaban J connectivity index is 2.99. The number of alkyl halides is 1. The van der Waals surface area contributed by atoms with Crippen LogP contribution in [0, 0.1) is 5.82 Å². The first-order valence-electron chi connectivity index (χ1n) is 4.33. The van der Waals surface area contributed by atoms with Crippen LogP contribution in [0.2, 0.25) is 0 Å². The average Bonchev–Trinajstić information content (AvgIpc) is 2.26. The van der Waals surface area contributed by atoms with Crippen LogP contribution in [0.5, 0.6) is 11.5 Å².